The number of sulfonamides is 1. The molecule has 4 aromatic rings. The van der Waals surface area contributed by atoms with E-state index < -0.39 is 15.4 Å². The zero-order valence-corrected chi connectivity index (χ0v) is 29.4. The monoisotopic (exact) mass is 696 g/mol. The number of rotatable bonds is 13. The van der Waals surface area contributed by atoms with Crippen molar-refractivity contribution >= 4 is 44.5 Å². The molecular weight excluding hydrogens is 656 g/mol. The topological polar surface area (TPSA) is 124 Å². The first-order valence-electron chi connectivity index (χ1n) is 15.9. The first-order valence-corrected chi connectivity index (χ1v) is 17.7. The quantitative estimate of drug-likeness (QED) is 0.0947. The van der Waals surface area contributed by atoms with Gasteiger partial charge in [0.25, 0.3) is 5.91 Å². The summed E-state index contributed by atoms with van der Waals surface area (Å²) in [5.74, 6) is 0.279. The van der Waals surface area contributed by atoms with Crippen molar-refractivity contribution in [2.24, 2.45) is 5.41 Å². The molecule has 1 unspecified atom stereocenters. The van der Waals surface area contributed by atoms with Gasteiger partial charge in [0.05, 0.1) is 23.5 Å². The summed E-state index contributed by atoms with van der Waals surface area (Å²) >= 11 is 6.42. The molecule has 1 heterocycles. The number of fused-ring (bicyclic) bond motifs is 2. The Hall–Kier alpha value is -3.90. The lowest BCUT2D eigenvalue weighted by atomic mass is 9.97. The minimum atomic E-state index is -3.66. The van der Waals surface area contributed by atoms with Gasteiger partial charge in [-0.25, -0.2) is 13.1 Å². The van der Waals surface area contributed by atoms with E-state index >= 15 is 0 Å². The van der Waals surface area contributed by atoms with E-state index in [1.807, 2.05) is 13.0 Å². The number of benzene rings is 3. The van der Waals surface area contributed by atoms with E-state index in [0.29, 0.717) is 72.1 Å². The SMILES string of the molecule is CCCNS(=O)(=O)c1ccc2c(c1)CC(N(Cc1cc(Cl)ccc1OCCOC)C(=O)c1cc3cc(OC(=O)C(C)(C)C)ccc3o1)C2. The molecule has 48 heavy (non-hydrogen) atoms. The van der Waals surface area contributed by atoms with Gasteiger partial charge in [0.2, 0.25) is 10.0 Å². The number of nitrogens with zero attached hydrogens (tertiary/aromatic N) is 1. The Bertz CT molecular complexity index is 1910. The molecule has 0 fully saturated rings. The first kappa shape index (κ1) is 35.4. The molecule has 12 heteroatoms. The fraction of sp³-hybridized carbons (Fsp3) is 0.389. The standard InChI is InChI=1S/C36H41ClN2O8S/c1-6-13-38-48(42,43)30-10-7-23-17-28(18-24(23)20-30)39(22-26-16-27(37)8-11-31(26)45-15-14-44-5)34(40)33-21-25-19-29(9-12-32(25)47-33)46-35(41)36(2,3)4/h7-12,16,19-21,28,38H,6,13-15,17-18,22H2,1-5H3. The van der Waals surface area contributed by atoms with E-state index in [1.54, 1.807) is 87.4 Å². The Morgan fingerprint density at radius 3 is 2.50 bits per heavy atom. The van der Waals surface area contributed by atoms with E-state index in [2.05, 4.69) is 4.72 Å². The molecule has 1 aliphatic rings. The lowest BCUT2D eigenvalue weighted by Gasteiger charge is -2.29. The van der Waals surface area contributed by atoms with Crippen molar-refractivity contribution in [1.82, 2.24) is 9.62 Å². The van der Waals surface area contributed by atoms with E-state index in [9.17, 15) is 18.0 Å². The number of hydrogen-bond donors (Lipinski definition) is 1. The lowest BCUT2D eigenvalue weighted by Crippen LogP contribution is -2.40. The van der Waals surface area contributed by atoms with Crippen LogP contribution in [0.15, 0.2) is 70.0 Å². The average molecular weight is 697 g/mol. The summed E-state index contributed by atoms with van der Waals surface area (Å²) in [4.78, 5) is 28.8. The van der Waals surface area contributed by atoms with Crippen molar-refractivity contribution in [1.29, 1.82) is 0 Å². The molecule has 0 bridgehead atoms. The Labute approximate surface area is 286 Å². The fourth-order valence-electron chi connectivity index (χ4n) is 5.47. The molecule has 0 spiro atoms. The van der Waals surface area contributed by atoms with Gasteiger partial charge in [-0.2, -0.15) is 0 Å². The Morgan fingerprint density at radius 2 is 1.77 bits per heavy atom. The maximum atomic E-state index is 14.4. The van der Waals surface area contributed by atoms with Crippen LogP contribution in [0.25, 0.3) is 11.0 Å². The van der Waals surface area contributed by atoms with Gasteiger partial charge in [-0.15, -0.1) is 0 Å². The maximum Gasteiger partial charge on any atom is 0.316 e. The number of amides is 1. The highest BCUT2D eigenvalue weighted by atomic mass is 35.5. The molecule has 0 radical (unpaired) electrons. The third-order valence-corrected chi connectivity index (χ3v) is 9.77. The van der Waals surface area contributed by atoms with Gasteiger partial charge < -0.3 is 23.5 Å². The van der Waals surface area contributed by atoms with Gasteiger partial charge in [0.15, 0.2) is 5.76 Å². The number of esters is 1. The van der Waals surface area contributed by atoms with E-state index in [0.717, 1.165) is 11.1 Å². The van der Waals surface area contributed by atoms with Crippen LogP contribution in [0.5, 0.6) is 11.5 Å². The van der Waals surface area contributed by atoms with Crippen LogP contribution in [0.3, 0.4) is 0 Å². The summed E-state index contributed by atoms with van der Waals surface area (Å²) in [6, 6.07) is 16.7. The van der Waals surface area contributed by atoms with Crippen LogP contribution in [0.1, 0.15) is 61.4 Å². The van der Waals surface area contributed by atoms with Crippen LogP contribution in [-0.2, 0) is 38.9 Å². The molecule has 1 amide bonds. The minimum Gasteiger partial charge on any atom is -0.491 e. The van der Waals surface area contributed by atoms with E-state index in [4.69, 9.17) is 30.2 Å². The Balaban J connectivity index is 1.48. The molecule has 0 saturated carbocycles. The number of carbonyl (C=O) groups is 2. The summed E-state index contributed by atoms with van der Waals surface area (Å²) in [6.07, 6.45) is 1.62. The van der Waals surface area contributed by atoms with Crippen molar-refractivity contribution in [2.75, 3.05) is 26.9 Å². The van der Waals surface area contributed by atoms with Crippen LogP contribution in [0, 0.1) is 5.41 Å². The second-order valence-corrected chi connectivity index (χ2v) is 15.1. The van der Waals surface area contributed by atoms with Crippen LogP contribution in [0.2, 0.25) is 5.02 Å². The van der Waals surface area contributed by atoms with Crippen LogP contribution in [-0.4, -0.2) is 58.1 Å². The van der Waals surface area contributed by atoms with E-state index in [-0.39, 0.29) is 35.1 Å². The predicted molar refractivity (Wildman–Crippen MR) is 183 cm³/mol. The van der Waals surface area contributed by atoms with Gasteiger partial charge in [-0.05, 0) is 106 Å². The highest BCUT2D eigenvalue weighted by Crippen LogP contribution is 2.34. The lowest BCUT2D eigenvalue weighted by molar-refractivity contribution is -0.142. The third kappa shape index (κ3) is 8.20. The number of furan rings is 1. The number of ether oxygens (including phenoxy) is 3. The maximum absolute atomic E-state index is 14.4. The van der Waals surface area contributed by atoms with Crippen molar-refractivity contribution in [3.63, 3.8) is 0 Å². The zero-order chi connectivity index (χ0) is 34.6. The Morgan fingerprint density at radius 1 is 1.00 bits per heavy atom. The van der Waals surface area contributed by atoms with E-state index in [1.165, 1.54) is 0 Å². The molecule has 1 aromatic heterocycles. The fourth-order valence-corrected chi connectivity index (χ4v) is 6.85. The smallest absolute Gasteiger partial charge is 0.316 e. The molecule has 1 aliphatic carbocycles. The number of carbonyl (C=O) groups excluding carboxylic acids is 2. The normalized spacial score (nSPS) is 14.6. The Kier molecular flexibility index (Phi) is 10.8. The zero-order valence-electron chi connectivity index (χ0n) is 27.8. The first-order chi connectivity index (χ1) is 22.8. The summed E-state index contributed by atoms with van der Waals surface area (Å²) < 4.78 is 51.1. The van der Waals surface area contributed by atoms with Crippen molar-refractivity contribution in [2.45, 2.75) is 64.4 Å². The molecule has 5 rings (SSSR count). The van der Waals surface area contributed by atoms with Gasteiger partial charge in [-0.3, -0.25) is 9.59 Å². The largest absolute Gasteiger partial charge is 0.491 e. The van der Waals surface area contributed by atoms with Crippen LogP contribution in [0.4, 0.5) is 0 Å². The second-order valence-electron chi connectivity index (χ2n) is 12.9. The highest BCUT2D eigenvalue weighted by molar-refractivity contribution is 7.89. The summed E-state index contributed by atoms with van der Waals surface area (Å²) in [6.45, 7) is 8.40. The van der Waals surface area contributed by atoms with Crippen LogP contribution >= 0.6 is 11.6 Å². The number of hydrogen-bond acceptors (Lipinski definition) is 8. The number of halogens is 1. The molecular formula is C36H41ClN2O8S. The van der Waals surface area contributed by atoms with Crippen LogP contribution < -0.4 is 14.2 Å². The summed E-state index contributed by atoms with van der Waals surface area (Å²) in [5.41, 5.74) is 2.29. The summed E-state index contributed by atoms with van der Waals surface area (Å²) in [5, 5.41) is 1.09. The summed E-state index contributed by atoms with van der Waals surface area (Å²) in [7, 11) is -2.07. The molecule has 3 aromatic carbocycles. The molecule has 10 nitrogen and oxygen atoms in total. The highest BCUT2D eigenvalue weighted by Gasteiger charge is 2.34. The average Bonchev–Trinajstić information content (AvgIpc) is 3.66. The number of nitrogens with one attached hydrogen (secondary N) is 1. The van der Waals surface area contributed by atoms with Gasteiger partial charge in [0.1, 0.15) is 23.7 Å². The number of methoxy groups -OCH3 is 1. The molecule has 1 N–H and O–H groups in total. The molecule has 0 saturated heterocycles. The van der Waals surface area contributed by atoms with Crippen molar-refractivity contribution in [3.05, 3.63) is 88.1 Å². The predicted octanol–water partition coefficient (Wildman–Crippen LogP) is 6.56. The van der Waals surface area contributed by atoms with Crippen molar-refractivity contribution in [3.8, 4) is 11.5 Å². The minimum absolute atomic E-state index is 0.108. The molecule has 256 valence electrons. The van der Waals surface area contributed by atoms with Gasteiger partial charge >= 0.3 is 5.97 Å². The van der Waals surface area contributed by atoms with Gasteiger partial charge in [0, 0.05) is 35.7 Å². The molecule has 1 atom stereocenters. The van der Waals surface area contributed by atoms with Gasteiger partial charge in [-0.1, -0.05) is 24.6 Å². The third-order valence-electron chi connectivity index (χ3n) is 8.07. The molecule has 0 aliphatic heterocycles. The van der Waals surface area contributed by atoms with Crippen molar-refractivity contribution < 1.29 is 36.6 Å². The second kappa shape index (κ2) is 14.7.